The lowest BCUT2D eigenvalue weighted by atomic mass is 9.71. The largest absolute Gasteiger partial charge is 0.748 e. The molecule has 1 rings (SSSR count). The first-order valence-electron chi connectivity index (χ1n) is 34.3. The van der Waals surface area contributed by atoms with E-state index in [9.17, 15) is 54.7 Å². The summed E-state index contributed by atoms with van der Waals surface area (Å²) >= 11 is 8.72. The van der Waals surface area contributed by atoms with Crippen LogP contribution in [0.5, 0.6) is 0 Å². The van der Waals surface area contributed by atoms with Crippen molar-refractivity contribution in [1.82, 2.24) is 31.9 Å². The van der Waals surface area contributed by atoms with Gasteiger partial charge in [-0.3, -0.25) is 28.8 Å². The van der Waals surface area contributed by atoms with Gasteiger partial charge in [-0.15, -0.1) is 0 Å². The molecule has 0 aliphatic carbocycles. The fraction of sp³-hybridized carbons (Fsp3) is 0.912. The molecule has 0 aromatic heterocycles. The predicted molar refractivity (Wildman–Crippen MR) is 401 cm³/mol. The van der Waals surface area contributed by atoms with E-state index in [1.54, 1.807) is 0 Å². The van der Waals surface area contributed by atoms with E-state index >= 15 is 0 Å². The Kier molecular flexibility index (Phi) is 53.5. The smallest absolute Gasteiger partial charge is 0.225 e. The van der Waals surface area contributed by atoms with Crippen LogP contribution in [0.4, 0.5) is 0 Å². The maximum absolute atomic E-state index is 13.1. The van der Waals surface area contributed by atoms with Crippen molar-refractivity contribution in [2.45, 2.75) is 250 Å². The van der Waals surface area contributed by atoms with E-state index in [1.165, 1.54) is 31.4 Å². The number of nitrogens with zero attached hydrogens (tertiary/aromatic N) is 2. The van der Waals surface area contributed by atoms with Crippen LogP contribution in [-0.2, 0) is 49.0 Å². The van der Waals surface area contributed by atoms with Crippen LogP contribution >= 0.6 is 46.8 Å². The Hall–Kier alpha value is -2.04. The van der Waals surface area contributed by atoms with Gasteiger partial charge >= 0.3 is 0 Å². The molecular formula is C68H140N8O12S6. The number of unbranched alkanes of at least 4 members (excludes halogenated alkanes) is 2. The molecule has 20 nitrogen and oxygen atoms in total. The second kappa shape index (κ2) is 51.2. The lowest BCUT2D eigenvalue weighted by Gasteiger charge is -2.35. The third kappa shape index (κ3) is 49.5. The summed E-state index contributed by atoms with van der Waals surface area (Å²) in [7, 11) is 3.40. The van der Waals surface area contributed by atoms with E-state index < -0.39 is 41.9 Å². The van der Waals surface area contributed by atoms with Crippen molar-refractivity contribution < 1.29 is 63.7 Å². The van der Waals surface area contributed by atoms with Crippen LogP contribution in [-0.4, -0.2) is 197 Å². The van der Waals surface area contributed by atoms with E-state index in [0.717, 1.165) is 74.5 Å². The van der Waals surface area contributed by atoms with Crippen LogP contribution in [0.2, 0.25) is 0 Å². The minimum absolute atomic E-state index is 0. The lowest BCUT2D eigenvalue weighted by molar-refractivity contribution is -0.890. The topological polar surface area (TPSA) is 289 Å². The van der Waals surface area contributed by atoms with E-state index in [4.69, 9.17) is 0 Å². The Morgan fingerprint density at radius 3 is 1.21 bits per heavy atom. The average molecular weight is 1450 g/mol. The van der Waals surface area contributed by atoms with E-state index in [2.05, 4.69) is 84.9 Å². The molecular weight excluding hydrogens is 1310 g/mol. The Balaban J connectivity index is -0.000000755. The molecule has 1 saturated heterocycles. The van der Waals surface area contributed by atoms with Crippen molar-refractivity contribution in [3.8, 4) is 0 Å². The van der Waals surface area contributed by atoms with E-state index in [-0.39, 0.29) is 61.8 Å². The van der Waals surface area contributed by atoms with Gasteiger partial charge < -0.3 is 50.0 Å². The van der Waals surface area contributed by atoms with Gasteiger partial charge in [0, 0.05) is 127 Å². The number of quaternary nitrogens is 2. The van der Waals surface area contributed by atoms with Gasteiger partial charge in [0.15, 0.2) is 0 Å². The number of thiol groups is 2. The number of rotatable bonds is 49. The third-order valence-corrected chi connectivity index (χ3v) is 23.4. The van der Waals surface area contributed by atoms with Gasteiger partial charge in [-0.05, 0) is 94.6 Å². The zero-order valence-corrected chi connectivity index (χ0v) is 65.1. The van der Waals surface area contributed by atoms with Crippen molar-refractivity contribution in [2.75, 3.05) is 117 Å². The summed E-state index contributed by atoms with van der Waals surface area (Å²) in [4.78, 5) is 76.4. The van der Waals surface area contributed by atoms with Crippen LogP contribution in [0.1, 0.15) is 239 Å². The summed E-state index contributed by atoms with van der Waals surface area (Å²) in [5.41, 5.74) is -2.94. The highest BCUT2D eigenvalue weighted by Crippen LogP contribution is 2.40. The second-order valence-corrected chi connectivity index (χ2v) is 35.9. The first-order chi connectivity index (χ1) is 42.6. The molecule has 1 heterocycles. The van der Waals surface area contributed by atoms with Crippen LogP contribution in [0.15, 0.2) is 0 Å². The zero-order valence-electron chi connectivity index (χ0n) is 60.1. The molecule has 6 unspecified atom stereocenters. The SMILES string of the molecule is C.C.CCC(C)(CC(C)(C)C(=O)NCCCNC(=O)CCCCC(S)CCS)C(=O)NCCC[N+](C)(C)CCCS(=O)(=O)[O-].CCC(C)(CC(C)(C)C(=O)NCCCNC(=O)CCCCC1CCSS1)C(=O)NCCC[N+](C)(C)CCCS(=O)(=O)[O-].CCC(C)C(C)CC. The molecule has 0 saturated carbocycles. The Morgan fingerprint density at radius 2 is 0.872 bits per heavy atom. The van der Waals surface area contributed by atoms with E-state index in [1.807, 2.05) is 105 Å². The minimum Gasteiger partial charge on any atom is -0.748 e. The first-order valence-corrected chi connectivity index (χ1v) is 41.0. The van der Waals surface area contributed by atoms with Crippen molar-refractivity contribution in [1.29, 1.82) is 0 Å². The summed E-state index contributed by atoms with van der Waals surface area (Å²) in [5.74, 6) is 2.84. The Labute approximate surface area is 594 Å². The molecule has 26 heteroatoms. The van der Waals surface area contributed by atoms with Gasteiger partial charge in [-0.25, -0.2) is 16.8 Å². The maximum Gasteiger partial charge on any atom is 0.225 e. The number of hydrogen-bond acceptors (Lipinski definition) is 16. The van der Waals surface area contributed by atoms with Gasteiger partial charge in [0.25, 0.3) is 0 Å². The third-order valence-electron chi connectivity index (χ3n) is 18.1. The number of nitrogens with one attached hydrogen (secondary N) is 6. The minimum atomic E-state index is -4.21. The fourth-order valence-corrected chi connectivity index (χ4v) is 15.7. The molecule has 0 radical (unpaired) electrons. The molecule has 6 amide bonds. The maximum atomic E-state index is 13.1. The second-order valence-electron chi connectivity index (χ2n) is 28.8. The quantitative estimate of drug-likeness (QED) is 0.00924. The molecule has 6 N–H and O–H groups in total. The standard InChI is InChI=1S/C29H56N4O6S3.C29H58N4O6S3.C8H18.2CH4/c1-7-29(4,27(36)32-18-11-19-33(5,6)20-12-22-42(37,38)39)23-28(2,3)26(35)31-17-10-16-30-25(34)14-9-8-13-24-15-21-40-41-24;1-7-29(4,27(36)32-18-11-19-33(5,6)20-12-22-42(37,38)39)23-28(2,3)26(35)31-17-10-16-30-25(34)14-9-8-13-24(41)15-21-40;1-5-7(3)8(4)6-2;;/h24H,7-23H2,1-6H3,(H3-,30,31,32,34,35,36,37,38,39);24H,7-23H2,1-6H3,(H5-,30,31,32,34,35,36,37,38,39,40,41);7-8H,5-6H2,1-4H3;2*1H4. The van der Waals surface area contributed by atoms with Crippen molar-refractivity contribution in [3.63, 3.8) is 0 Å². The highest BCUT2D eigenvalue weighted by atomic mass is 33.1. The predicted octanol–water partition coefficient (Wildman–Crippen LogP) is 11.2. The molecule has 94 heavy (non-hydrogen) atoms. The van der Waals surface area contributed by atoms with Gasteiger partial charge in [-0.2, -0.15) is 25.3 Å². The molecule has 560 valence electrons. The number of carbonyl (C=O) groups is 6. The highest BCUT2D eigenvalue weighted by molar-refractivity contribution is 8.77. The van der Waals surface area contributed by atoms with Crippen molar-refractivity contribution in [3.05, 3.63) is 0 Å². The van der Waals surface area contributed by atoms with Gasteiger partial charge in [0.2, 0.25) is 35.4 Å². The molecule has 1 aliphatic heterocycles. The number of hydrogen-bond donors (Lipinski definition) is 8. The summed E-state index contributed by atoms with van der Waals surface area (Å²) in [6, 6.07) is 0. The molecule has 1 aliphatic rings. The highest BCUT2D eigenvalue weighted by Gasteiger charge is 2.42. The summed E-state index contributed by atoms with van der Waals surface area (Å²) in [5, 5.41) is 18.9. The van der Waals surface area contributed by atoms with E-state index in [0.29, 0.717) is 144 Å². The monoisotopic (exact) mass is 1450 g/mol. The summed E-state index contributed by atoms with van der Waals surface area (Å²) in [6.07, 6.45) is 17.2. The van der Waals surface area contributed by atoms with Crippen LogP contribution in [0, 0.1) is 33.5 Å². The number of amides is 6. The normalized spacial score (nSPS) is 15.9. The summed E-state index contributed by atoms with van der Waals surface area (Å²) < 4.78 is 66.1. The lowest BCUT2D eigenvalue weighted by Crippen LogP contribution is -2.47. The number of carbonyl (C=O) groups excluding carboxylic acids is 6. The molecule has 0 aromatic rings. The Bertz CT molecular complexity index is 2320. The van der Waals surface area contributed by atoms with Crippen molar-refractivity contribution in [2.24, 2.45) is 33.5 Å². The summed E-state index contributed by atoms with van der Waals surface area (Å²) in [6.45, 7) is 29.7. The fourth-order valence-electron chi connectivity index (χ4n) is 10.9. The van der Waals surface area contributed by atoms with Crippen LogP contribution in [0.25, 0.3) is 0 Å². The molecule has 0 spiro atoms. The Morgan fingerprint density at radius 1 is 0.521 bits per heavy atom. The molecule has 0 bridgehead atoms. The first kappa shape index (κ1) is 98.3. The molecule has 6 atom stereocenters. The van der Waals surface area contributed by atoms with Gasteiger partial charge in [0.1, 0.15) is 0 Å². The van der Waals surface area contributed by atoms with Gasteiger partial charge in [-0.1, -0.05) is 145 Å². The van der Waals surface area contributed by atoms with Crippen molar-refractivity contribution >= 4 is 103 Å². The molecule has 1 fully saturated rings. The van der Waals surface area contributed by atoms with Gasteiger partial charge in [0.05, 0.1) is 74.6 Å². The molecule has 0 aromatic carbocycles. The average Bonchev–Trinajstić information content (AvgIpc) is 0.900. The van der Waals surface area contributed by atoms with Crippen LogP contribution < -0.4 is 31.9 Å². The van der Waals surface area contributed by atoms with Crippen LogP contribution in [0.3, 0.4) is 0 Å². The zero-order chi connectivity index (χ0) is 70.9.